The second-order valence-corrected chi connectivity index (χ2v) is 5.64. The summed E-state index contributed by atoms with van der Waals surface area (Å²) < 4.78 is 5.08. The van der Waals surface area contributed by atoms with Gasteiger partial charge in [-0.25, -0.2) is 0 Å². The molecule has 2 atom stereocenters. The first-order valence-corrected chi connectivity index (χ1v) is 7.48. The standard InChI is InChI=1S/C10H18BrNO2S/c1-14-6-9(2-4-11)12-10(13)8-3-5-15-7-8/h8-9H,2-7H2,1H3,(H,12,13). The third-order valence-corrected chi connectivity index (χ3v) is 4.09. The van der Waals surface area contributed by atoms with Crippen LogP contribution in [0.5, 0.6) is 0 Å². The normalized spacial score (nSPS) is 22.7. The summed E-state index contributed by atoms with van der Waals surface area (Å²) in [6.07, 6.45) is 1.93. The largest absolute Gasteiger partial charge is 0.383 e. The fourth-order valence-electron chi connectivity index (χ4n) is 1.59. The highest BCUT2D eigenvalue weighted by atomic mass is 79.9. The average Bonchev–Trinajstić information content (AvgIpc) is 2.71. The summed E-state index contributed by atoms with van der Waals surface area (Å²) in [7, 11) is 1.67. The number of hydrogen-bond donors (Lipinski definition) is 1. The van der Waals surface area contributed by atoms with Crippen molar-refractivity contribution in [3.63, 3.8) is 0 Å². The predicted octanol–water partition coefficient (Wildman–Crippen LogP) is 1.66. The summed E-state index contributed by atoms with van der Waals surface area (Å²) in [5, 5.41) is 3.94. The zero-order chi connectivity index (χ0) is 11.1. The lowest BCUT2D eigenvalue weighted by Crippen LogP contribution is -2.41. The van der Waals surface area contributed by atoms with Crippen LogP contribution in [-0.2, 0) is 9.53 Å². The van der Waals surface area contributed by atoms with E-state index in [0.29, 0.717) is 6.61 Å². The molecule has 1 heterocycles. The molecule has 15 heavy (non-hydrogen) atoms. The molecule has 0 aliphatic carbocycles. The molecular weight excluding hydrogens is 278 g/mol. The number of thioether (sulfide) groups is 1. The van der Waals surface area contributed by atoms with Gasteiger partial charge in [0.25, 0.3) is 0 Å². The first-order valence-electron chi connectivity index (χ1n) is 5.21. The lowest BCUT2D eigenvalue weighted by Gasteiger charge is -2.19. The lowest BCUT2D eigenvalue weighted by molar-refractivity contribution is -0.125. The second kappa shape index (κ2) is 7.52. The van der Waals surface area contributed by atoms with Gasteiger partial charge in [-0.1, -0.05) is 15.9 Å². The summed E-state index contributed by atoms with van der Waals surface area (Å²) >= 11 is 5.25. The van der Waals surface area contributed by atoms with Crippen LogP contribution >= 0.6 is 27.7 Å². The van der Waals surface area contributed by atoms with Crippen molar-refractivity contribution in [2.75, 3.05) is 30.6 Å². The molecule has 1 saturated heterocycles. The molecule has 0 aromatic rings. The van der Waals surface area contributed by atoms with Crippen LogP contribution in [0.1, 0.15) is 12.8 Å². The van der Waals surface area contributed by atoms with Gasteiger partial charge in [0.05, 0.1) is 12.6 Å². The number of ether oxygens (including phenoxy) is 1. The van der Waals surface area contributed by atoms with Crippen LogP contribution < -0.4 is 5.32 Å². The molecule has 1 amide bonds. The van der Waals surface area contributed by atoms with Crippen molar-refractivity contribution in [1.82, 2.24) is 5.32 Å². The quantitative estimate of drug-likeness (QED) is 0.758. The van der Waals surface area contributed by atoms with Crippen LogP contribution in [0.3, 0.4) is 0 Å². The maximum absolute atomic E-state index is 11.8. The minimum absolute atomic E-state index is 0.146. The number of methoxy groups -OCH3 is 1. The van der Waals surface area contributed by atoms with E-state index in [1.165, 1.54) is 0 Å². The molecule has 0 spiro atoms. The van der Waals surface area contributed by atoms with Crippen molar-refractivity contribution in [1.29, 1.82) is 0 Å². The minimum atomic E-state index is 0.146. The van der Waals surface area contributed by atoms with Gasteiger partial charge in [0, 0.05) is 24.1 Å². The Morgan fingerprint density at radius 1 is 1.73 bits per heavy atom. The number of halogens is 1. The van der Waals surface area contributed by atoms with Crippen LogP contribution in [0, 0.1) is 5.92 Å². The zero-order valence-corrected chi connectivity index (χ0v) is 11.4. The van der Waals surface area contributed by atoms with E-state index in [2.05, 4.69) is 21.2 Å². The first kappa shape index (κ1) is 13.3. The molecule has 1 rings (SSSR count). The number of amides is 1. The van der Waals surface area contributed by atoms with Gasteiger partial charge in [0.1, 0.15) is 0 Å². The molecular formula is C10H18BrNO2S. The highest BCUT2D eigenvalue weighted by molar-refractivity contribution is 9.09. The molecule has 1 aliphatic heterocycles. The molecule has 1 N–H and O–H groups in total. The Morgan fingerprint density at radius 2 is 2.53 bits per heavy atom. The van der Waals surface area contributed by atoms with Crippen LogP contribution in [0.2, 0.25) is 0 Å². The van der Waals surface area contributed by atoms with E-state index in [0.717, 1.165) is 29.7 Å². The number of alkyl halides is 1. The van der Waals surface area contributed by atoms with Crippen molar-refractivity contribution < 1.29 is 9.53 Å². The van der Waals surface area contributed by atoms with Gasteiger partial charge >= 0.3 is 0 Å². The monoisotopic (exact) mass is 295 g/mol. The fourth-order valence-corrected chi connectivity index (χ4v) is 3.36. The Bertz CT molecular complexity index is 192. The molecule has 0 aromatic carbocycles. The van der Waals surface area contributed by atoms with Crippen LogP contribution in [0.15, 0.2) is 0 Å². The van der Waals surface area contributed by atoms with Crippen molar-refractivity contribution in [2.45, 2.75) is 18.9 Å². The molecule has 1 aliphatic rings. The van der Waals surface area contributed by atoms with Crippen molar-refractivity contribution in [3.8, 4) is 0 Å². The smallest absolute Gasteiger partial charge is 0.224 e. The highest BCUT2D eigenvalue weighted by Gasteiger charge is 2.24. The number of hydrogen-bond acceptors (Lipinski definition) is 3. The van der Waals surface area contributed by atoms with Crippen molar-refractivity contribution in [2.24, 2.45) is 5.92 Å². The second-order valence-electron chi connectivity index (χ2n) is 3.70. The van der Waals surface area contributed by atoms with E-state index >= 15 is 0 Å². The van der Waals surface area contributed by atoms with Gasteiger partial charge in [-0.3, -0.25) is 4.79 Å². The SMILES string of the molecule is COCC(CCBr)NC(=O)C1CCSC1. The maximum Gasteiger partial charge on any atom is 0.224 e. The molecule has 0 aromatic heterocycles. The number of nitrogens with one attached hydrogen (secondary N) is 1. The third kappa shape index (κ3) is 4.74. The minimum Gasteiger partial charge on any atom is -0.383 e. The molecule has 5 heteroatoms. The van der Waals surface area contributed by atoms with Crippen LogP contribution in [0.4, 0.5) is 0 Å². The Morgan fingerprint density at radius 3 is 3.07 bits per heavy atom. The highest BCUT2D eigenvalue weighted by Crippen LogP contribution is 2.23. The van der Waals surface area contributed by atoms with E-state index in [1.54, 1.807) is 7.11 Å². The summed E-state index contributed by atoms with van der Waals surface area (Å²) in [4.78, 5) is 11.8. The van der Waals surface area contributed by atoms with Gasteiger partial charge in [-0.05, 0) is 18.6 Å². The van der Waals surface area contributed by atoms with E-state index < -0.39 is 0 Å². The Labute approximate surface area is 104 Å². The molecule has 88 valence electrons. The lowest BCUT2D eigenvalue weighted by atomic mass is 10.1. The topological polar surface area (TPSA) is 38.3 Å². The molecule has 0 radical (unpaired) electrons. The zero-order valence-electron chi connectivity index (χ0n) is 9.00. The number of carbonyl (C=O) groups excluding carboxylic acids is 1. The number of carbonyl (C=O) groups is 1. The molecule has 1 fully saturated rings. The van der Waals surface area contributed by atoms with E-state index in [4.69, 9.17) is 4.74 Å². The molecule has 3 nitrogen and oxygen atoms in total. The number of rotatable bonds is 6. The van der Waals surface area contributed by atoms with Crippen LogP contribution in [-0.4, -0.2) is 42.5 Å². The van der Waals surface area contributed by atoms with Gasteiger partial charge < -0.3 is 10.1 Å². The maximum atomic E-state index is 11.8. The Hall–Kier alpha value is 0.260. The summed E-state index contributed by atoms with van der Waals surface area (Å²) in [6.45, 7) is 0.594. The summed E-state index contributed by atoms with van der Waals surface area (Å²) in [5.74, 6) is 2.50. The van der Waals surface area contributed by atoms with E-state index in [1.807, 2.05) is 11.8 Å². The average molecular weight is 296 g/mol. The summed E-state index contributed by atoms with van der Waals surface area (Å²) in [5.41, 5.74) is 0. The van der Waals surface area contributed by atoms with E-state index in [9.17, 15) is 4.79 Å². The van der Waals surface area contributed by atoms with Gasteiger partial charge in [0.2, 0.25) is 5.91 Å². The van der Waals surface area contributed by atoms with Gasteiger partial charge in [0.15, 0.2) is 0 Å². The first-order chi connectivity index (χ1) is 7.27. The predicted molar refractivity (Wildman–Crippen MR) is 67.6 cm³/mol. The van der Waals surface area contributed by atoms with Gasteiger partial charge in [-0.2, -0.15) is 11.8 Å². The molecule has 2 unspecified atom stereocenters. The molecule has 0 bridgehead atoms. The Kier molecular flexibility index (Phi) is 6.68. The van der Waals surface area contributed by atoms with Crippen LogP contribution in [0.25, 0.3) is 0 Å². The van der Waals surface area contributed by atoms with Crippen molar-refractivity contribution >= 4 is 33.6 Å². The fraction of sp³-hybridized carbons (Fsp3) is 0.900. The molecule has 0 saturated carbocycles. The van der Waals surface area contributed by atoms with Gasteiger partial charge in [-0.15, -0.1) is 0 Å². The third-order valence-electron chi connectivity index (χ3n) is 2.47. The Balaban J connectivity index is 2.31. The summed E-state index contributed by atoms with van der Waals surface area (Å²) in [6, 6.07) is 0.146. The van der Waals surface area contributed by atoms with E-state index in [-0.39, 0.29) is 17.9 Å². The van der Waals surface area contributed by atoms with Crippen molar-refractivity contribution in [3.05, 3.63) is 0 Å².